The predicted octanol–water partition coefficient (Wildman–Crippen LogP) is 6.62. The Morgan fingerprint density at radius 1 is 1.04 bits per heavy atom. The van der Waals surface area contributed by atoms with E-state index in [0.29, 0.717) is 5.92 Å². The molecule has 2 heteroatoms. The fourth-order valence-corrected chi connectivity index (χ4v) is 4.78. The first-order chi connectivity index (χ1) is 11.4. The van der Waals surface area contributed by atoms with E-state index in [1.165, 1.54) is 11.6 Å². The normalized spacial score (nSPS) is 13.5. The van der Waals surface area contributed by atoms with Gasteiger partial charge in [-0.15, -0.1) is 6.58 Å². The fourth-order valence-electron chi connectivity index (χ4n) is 2.83. The van der Waals surface area contributed by atoms with Gasteiger partial charge in [0.15, 0.2) is 0 Å². The van der Waals surface area contributed by atoms with Crippen molar-refractivity contribution in [2.45, 2.75) is 31.6 Å². The largest absolute Gasteiger partial charge is 0.103 e. The Morgan fingerprint density at radius 3 is 2.21 bits per heavy atom. The Labute approximate surface area is 152 Å². The molecule has 124 valence electrons. The van der Waals surface area contributed by atoms with E-state index in [9.17, 15) is 0 Å². The van der Waals surface area contributed by atoms with Gasteiger partial charge in [-0.05, 0) is 41.8 Å². The summed E-state index contributed by atoms with van der Waals surface area (Å²) in [6.45, 7) is 11.3. The van der Waals surface area contributed by atoms with Crippen molar-refractivity contribution in [3.05, 3.63) is 83.4 Å². The van der Waals surface area contributed by atoms with E-state index in [4.69, 9.17) is 11.6 Å². The summed E-state index contributed by atoms with van der Waals surface area (Å²) in [4.78, 5) is 0. The third kappa shape index (κ3) is 5.71. The SMILES string of the molecule is C=CC(C[Si](C)(C)C)C(C#Cc1ccccc1)c1ccc(Cl)cc1. The monoisotopic (exact) mass is 352 g/mol. The lowest BCUT2D eigenvalue weighted by Gasteiger charge is -2.27. The smallest absolute Gasteiger partial charge is 0.0515 e. The molecule has 2 unspecified atom stereocenters. The van der Waals surface area contributed by atoms with Gasteiger partial charge in [-0.1, -0.05) is 79.5 Å². The highest BCUT2D eigenvalue weighted by Crippen LogP contribution is 2.32. The van der Waals surface area contributed by atoms with Gasteiger partial charge in [0.05, 0.1) is 5.92 Å². The molecule has 0 aliphatic rings. The standard InChI is InChI=1S/C22H25ClSi/c1-5-19(17-24(2,3)4)22(20-12-14-21(23)15-13-20)16-11-18-9-7-6-8-10-18/h5-10,12-15,19,22H,1,17H2,2-4H3. The van der Waals surface area contributed by atoms with Crippen LogP contribution in [0, 0.1) is 17.8 Å². The van der Waals surface area contributed by atoms with Gasteiger partial charge in [-0.2, -0.15) is 0 Å². The molecule has 0 bridgehead atoms. The average molecular weight is 353 g/mol. The van der Waals surface area contributed by atoms with Crippen molar-refractivity contribution >= 4 is 19.7 Å². The number of halogens is 1. The quantitative estimate of drug-likeness (QED) is 0.322. The average Bonchev–Trinajstić information content (AvgIpc) is 2.55. The zero-order valence-electron chi connectivity index (χ0n) is 14.7. The van der Waals surface area contributed by atoms with Gasteiger partial charge in [0.1, 0.15) is 0 Å². The summed E-state index contributed by atoms with van der Waals surface area (Å²) < 4.78 is 0. The third-order valence-corrected chi connectivity index (χ3v) is 5.90. The zero-order chi connectivity index (χ0) is 17.6. The summed E-state index contributed by atoms with van der Waals surface area (Å²) in [6.07, 6.45) is 2.08. The molecule has 2 rings (SSSR count). The van der Waals surface area contributed by atoms with Crippen LogP contribution in [0.15, 0.2) is 67.3 Å². The van der Waals surface area contributed by atoms with E-state index in [-0.39, 0.29) is 5.92 Å². The van der Waals surface area contributed by atoms with Crippen LogP contribution in [0.3, 0.4) is 0 Å². The van der Waals surface area contributed by atoms with Crippen LogP contribution in [0.4, 0.5) is 0 Å². The highest BCUT2D eigenvalue weighted by Gasteiger charge is 2.25. The molecular weight excluding hydrogens is 328 g/mol. The first kappa shape index (κ1) is 18.6. The van der Waals surface area contributed by atoms with Crippen LogP contribution in [-0.4, -0.2) is 8.07 Å². The lowest BCUT2D eigenvalue weighted by molar-refractivity contribution is 0.650. The molecule has 0 N–H and O–H groups in total. The van der Waals surface area contributed by atoms with Crippen LogP contribution in [0.2, 0.25) is 30.7 Å². The van der Waals surface area contributed by atoms with E-state index in [1.54, 1.807) is 0 Å². The van der Waals surface area contributed by atoms with E-state index >= 15 is 0 Å². The maximum atomic E-state index is 6.06. The molecule has 0 fully saturated rings. The predicted molar refractivity (Wildman–Crippen MR) is 109 cm³/mol. The van der Waals surface area contributed by atoms with E-state index in [2.05, 4.69) is 56.3 Å². The number of rotatable bonds is 5. The van der Waals surface area contributed by atoms with Crippen LogP contribution in [0.5, 0.6) is 0 Å². The summed E-state index contributed by atoms with van der Waals surface area (Å²) >= 11 is 6.06. The molecule has 0 heterocycles. The second-order valence-corrected chi connectivity index (χ2v) is 13.3. The fraction of sp³-hybridized carbons (Fsp3) is 0.273. The molecule has 2 aromatic rings. The zero-order valence-corrected chi connectivity index (χ0v) is 16.5. The van der Waals surface area contributed by atoms with Crippen LogP contribution in [0.25, 0.3) is 0 Å². The number of allylic oxidation sites excluding steroid dienone is 1. The molecule has 2 atom stereocenters. The van der Waals surface area contributed by atoms with Crippen LogP contribution < -0.4 is 0 Å². The second kappa shape index (κ2) is 8.38. The molecule has 2 aromatic carbocycles. The highest BCUT2D eigenvalue weighted by atomic mass is 35.5. The summed E-state index contributed by atoms with van der Waals surface area (Å²) in [5, 5.41) is 0.758. The first-order valence-corrected chi connectivity index (χ1v) is 12.4. The Hall–Kier alpha value is -1.75. The minimum atomic E-state index is -1.22. The van der Waals surface area contributed by atoms with Crippen molar-refractivity contribution in [2.24, 2.45) is 5.92 Å². The first-order valence-electron chi connectivity index (χ1n) is 8.34. The lowest BCUT2D eigenvalue weighted by atomic mass is 9.87. The van der Waals surface area contributed by atoms with Gasteiger partial charge in [0.2, 0.25) is 0 Å². The van der Waals surface area contributed by atoms with Crippen molar-refractivity contribution in [3.8, 4) is 11.8 Å². The molecule has 0 nitrogen and oxygen atoms in total. The molecule has 24 heavy (non-hydrogen) atoms. The molecule has 0 aromatic heterocycles. The molecular formula is C22H25ClSi. The molecule has 0 radical (unpaired) electrons. The van der Waals surface area contributed by atoms with Crippen molar-refractivity contribution in [2.75, 3.05) is 0 Å². The van der Waals surface area contributed by atoms with Gasteiger partial charge in [0.25, 0.3) is 0 Å². The van der Waals surface area contributed by atoms with Gasteiger partial charge < -0.3 is 0 Å². The molecule has 0 amide bonds. The molecule has 0 saturated carbocycles. The van der Waals surface area contributed by atoms with Crippen molar-refractivity contribution in [1.82, 2.24) is 0 Å². The van der Waals surface area contributed by atoms with Crippen LogP contribution in [-0.2, 0) is 0 Å². The third-order valence-electron chi connectivity index (χ3n) is 3.95. The van der Waals surface area contributed by atoms with E-state index < -0.39 is 8.07 Å². The van der Waals surface area contributed by atoms with Gasteiger partial charge in [0, 0.05) is 18.7 Å². The van der Waals surface area contributed by atoms with Gasteiger partial charge >= 0.3 is 0 Å². The second-order valence-electron chi connectivity index (χ2n) is 7.33. The van der Waals surface area contributed by atoms with Crippen molar-refractivity contribution in [1.29, 1.82) is 0 Å². The van der Waals surface area contributed by atoms with Crippen molar-refractivity contribution < 1.29 is 0 Å². The molecule has 0 saturated heterocycles. The summed E-state index contributed by atoms with van der Waals surface area (Å²) in [7, 11) is -1.22. The maximum absolute atomic E-state index is 6.06. The minimum Gasteiger partial charge on any atom is -0.103 e. The van der Waals surface area contributed by atoms with Crippen molar-refractivity contribution in [3.63, 3.8) is 0 Å². The number of benzene rings is 2. The van der Waals surface area contributed by atoms with Crippen LogP contribution in [0.1, 0.15) is 17.0 Å². The highest BCUT2D eigenvalue weighted by molar-refractivity contribution is 6.76. The minimum absolute atomic E-state index is 0.145. The Bertz CT molecular complexity index is 715. The number of hydrogen-bond donors (Lipinski definition) is 0. The summed E-state index contributed by atoms with van der Waals surface area (Å²) in [5.74, 6) is 7.35. The molecule has 0 spiro atoms. The van der Waals surface area contributed by atoms with E-state index in [1.807, 2.05) is 42.5 Å². The van der Waals surface area contributed by atoms with Gasteiger partial charge in [-0.3, -0.25) is 0 Å². The lowest BCUT2D eigenvalue weighted by Crippen LogP contribution is -2.25. The topological polar surface area (TPSA) is 0 Å². The Morgan fingerprint density at radius 2 is 1.67 bits per heavy atom. The maximum Gasteiger partial charge on any atom is 0.0515 e. The summed E-state index contributed by atoms with van der Waals surface area (Å²) in [5.41, 5.74) is 2.26. The Kier molecular flexibility index (Phi) is 6.49. The Balaban J connectivity index is 2.39. The molecule has 0 aliphatic carbocycles. The summed E-state index contributed by atoms with van der Waals surface area (Å²) in [6, 6.07) is 19.4. The van der Waals surface area contributed by atoms with Gasteiger partial charge in [-0.25, -0.2) is 0 Å². The molecule has 0 aliphatic heterocycles. The van der Waals surface area contributed by atoms with Crippen LogP contribution >= 0.6 is 11.6 Å². The van der Waals surface area contributed by atoms with E-state index in [0.717, 1.165) is 10.6 Å². The number of hydrogen-bond acceptors (Lipinski definition) is 0.